The van der Waals surface area contributed by atoms with Crippen LogP contribution in [0.4, 0.5) is 5.69 Å². The van der Waals surface area contributed by atoms with Gasteiger partial charge in [0.05, 0.1) is 34.4 Å². The Kier molecular flexibility index (Phi) is 6.21. The first-order chi connectivity index (χ1) is 11.9. The second kappa shape index (κ2) is 8.17. The highest BCUT2D eigenvalue weighted by Crippen LogP contribution is 2.27. The molecule has 130 valence electrons. The molecule has 1 heterocycles. The minimum atomic E-state index is -0.568. The number of nitrogens with zero attached hydrogens (tertiary/aromatic N) is 3. The monoisotopic (exact) mass is 379 g/mol. The SMILES string of the molecule is COCCn1c(O)c(C=Nc2ccc(Cl)c(Cl)c2)c(C)c(C#N)c1=O. The standard InChI is InChI=1S/C17H15Cl2N3O3/c1-10-12(8-20)16(23)22(5-6-25-2)17(24)13(10)9-21-11-3-4-14(18)15(19)7-11/h3-4,7,9,24H,5-6H2,1-2H3. The fourth-order valence-corrected chi connectivity index (χ4v) is 2.51. The molecule has 8 heteroatoms. The van der Waals surface area contributed by atoms with Gasteiger partial charge in [-0.3, -0.25) is 14.4 Å². The third-order valence-electron chi connectivity index (χ3n) is 3.61. The number of nitriles is 1. The molecule has 0 spiro atoms. The molecular weight excluding hydrogens is 365 g/mol. The fraction of sp³-hybridized carbons (Fsp3) is 0.235. The Morgan fingerprint density at radius 1 is 1.40 bits per heavy atom. The van der Waals surface area contributed by atoms with Gasteiger partial charge in [-0.1, -0.05) is 23.2 Å². The van der Waals surface area contributed by atoms with Crippen LogP contribution in [0.3, 0.4) is 0 Å². The Balaban J connectivity index is 2.56. The average Bonchev–Trinajstić information content (AvgIpc) is 2.58. The van der Waals surface area contributed by atoms with Crippen LogP contribution < -0.4 is 5.56 Å². The fourth-order valence-electron chi connectivity index (χ4n) is 2.22. The van der Waals surface area contributed by atoms with Crippen LogP contribution in [0.1, 0.15) is 16.7 Å². The number of methoxy groups -OCH3 is 1. The normalized spacial score (nSPS) is 11.0. The molecule has 0 atom stereocenters. The van der Waals surface area contributed by atoms with E-state index in [-0.39, 0.29) is 30.2 Å². The Morgan fingerprint density at radius 2 is 2.12 bits per heavy atom. The van der Waals surface area contributed by atoms with Crippen molar-refractivity contribution in [2.75, 3.05) is 13.7 Å². The van der Waals surface area contributed by atoms with E-state index in [0.29, 0.717) is 21.3 Å². The van der Waals surface area contributed by atoms with Gasteiger partial charge >= 0.3 is 0 Å². The van der Waals surface area contributed by atoms with Crippen LogP contribution in [-0.4, -0.2) is 29.6 Å². The summed E-state index contributed by atoms with van der Waals surface area (Å²) in [5.41, 5.74) is 0.521. The number of aliphatic imine (C=N–C) groups is 1. The van der Waals surface area contributed by atoms with Crippen LogP contribution in [-0.2, 0) is 11.3 Å². The van der Waals surface area contributed by atoms with Gasteiger partial charge < -0.3 is 9.84 Å². The molecule has 0 amide bonds. The molecule has 2 aromatic rings. The zero-order valence-corrected chi connectivity index (χ0v) is 15.1. The molecule has 1 aromatic carbocycles. The lowest BCUT2D eigenvalue weighted by Gasteiger charge is -2.13. The van der Waals surface area contributed by atoms with Crippen LogP contribution in [0.25, 0.3) is 0 Å². The molecule has 0 saturated heterocycles. The van der Waals surface area contributed by atoms with Gasteiger partial charge in [0.25, 0.3) is 5.56 Å². The zero-order valence-electron chi connectivity index (χ0n) is 13.6. The number of hydrogen-bond donors (Lipinski definition) is 1. The van der Waals surface area contributed by atoms with Gasteiger partial charge in [-0.25, -0.2) is 0 Å². The number of pyridine rings is 1. The topological polar surface area (TPSA) is 87.6 Å². The number of halogens is 2. The van der Waals surface area contributed by atoms with Gasteiger partial charge in [0.1, 0.15) is 11.6 Å². The van der Waals surface area contributed by atoms with E-state index in [2.05, 4.69) is 4.99 Å². The molecule has 0 bridgehead atoms. The first-order valence-corrected chi connectivity index (χ1v) is 8.00. The van der Waals surface area contributed by atoms with Crippen molar-refractivity contribution in [3.05, 3.63) is 55.3 Å². The van der Waals surface area contributed by atoms with Crippen molar-refractivity contribution in [2.24, 2.45) is 4.99 Å². The maximum atomic E-state index is 12.3. The van der Waals surface area contributed by atoms with E-state index in [4.69, 9.17) is 27.9 Å². The number of rotatable bonds is 5. The molecule has 0 saturated carbocycles. The molecule has 0 unspecified atom stereocenters. The van der Waals surface area contributed by atoms with Gasteiger partial charge in [-0.2, -0.15) is 5.26 Å². The highest BCUT2D eigenvalue weighted by atomic mass is 35.5. The summed E-state index contributed by atoms with van der Waals surface area (Å²) in [6, 6.07) is 6.70. The van der Waals surface area contributed by atoms with Crippen LogP contribution in [0.2, 0.25) is 10.0 Å². The molecule has 6 nitrogen and oxygen atoms in total. The van der Waals surface area contributed by atoms with E-state index in [9.17, 15) is 15.2 Å². The summed E-state index contributed by atoms with van der Waals surface area (Å²) in [4.78, 5) is 16.5. The molecule has 0 aliphatic heterocycles. The quantitative estimate of drug-likeness (QED) is 0.805. The highest BCUT2D eigenvalue weighted by molar-refractivity contribution is 6.42. The maximum Gasteiger partial charge on any atom is 0.271 e. The molecule has 0 radical (unpaired) electrons. The third kappa shape index (κ3) is 4.02. The largest absolute Gasteiger partial charge is 0.494 e. The molecule has 1 aromatic heterocycles. The summed E-state index contributed by atoms with van der Waals surface area (Å²) in [7, 11) is 1.48. The summed E-state index contributed by atoms with van der Waals surface area (Å²) in [5.74, 6) is -0.276. The van der Waals surface area contributed by atoms with Gasteiger partial charge in [0.15, 0.2) is 0 Å². The van der Waals surface area contributed by atoms with Crippen LogP contribution >= 0.6 is 23.2 Å². The van der Waals surface area contributed by atoms with E-state index in [1.165, 1.54) is 13.3 Å². The number of aromatic nitrogens is 1. The molecule has 25 heavy (non-hydrogen) atoms. The minimum Gasteiger partial charge on any atom is -0.494 e. The average molecular weight is 380 g/mol. The van der Waals surface area contributed by atoms with E-state index in [1.807, 2.05) is 6.07 Å². The molecule has 1 N–H and O–H groups in total. The second-order valence-corrected chi connectivity index (χ2v) is 5.97. The van der Waals surface area contributed by atoms with Crippen molar-refractivity contribution in [1.29, 1.82) is 5.26 Å². The number of aromatic hydroxyl groups is 1. The highest BCUT2D eigenvalue weighted by Gasteiger charge is 2.17. The third-order valence-corrected chi connectivity index (χ3v) is 4.35. The van der Waals surface area contributed by atoms with E-state index in [1.54, 1.807) is 25.1 Å². The predicted molar refractivity (Wildman–Crippen MR) is 97.4 cm³/mol. The number of ether oxygens (including phenoxy) is 1. The summed E-state index contributed by atoms with van der Waals surface area (Å²) < 4.78 is 6.03. The van der Waals surface area contributed by atoms with Crippen molar-refractivity contribution in [1.82, 2.24) is 4.57 Å². The molecule has 0 aliphatic carbocycles. The Labute approximate surface area is 154 Å². The first-order valence-electron chi connectivity index (χ1n) is 7.25. The van der Waals surface area contributed by atoms with E-state index < -0.39 is 5.56 Å². The van der Waals surface area contributed by atoms with Crippen molar-refractivity contribution in [3.63, 3.8) is 0 Å². The summed E-state index contributed by atoms with van der Waals surface area (Å²) >= 11 is 11.8. The first kappa shape index (κ1) is 19.0. The van der Waals surface area contributed by atoms with Crippen molar-refractivity contribution < 1.29 is 9.84 Å². The Bertz CT molecular complexity index is 930. The van der Waals surface area contributed by atoms with Gasteiger partial charge in [0, 0.05) is 13.3 Å². The van der Waals surface area contributed by atoms with Gasteiger partial charge in [-0.15, -0.1) is 0 Å². The molecule has 0 aliphatic rings. The van der Waals surface area contributed by atoms with Crippen molar-refractivity contribution in [2.45, 2.75) is 13.5 Å². The van der Waals surface area contributed by atoms with Crippen LogP contribution in [0.5, 0.6) is 5.88 Å². The molecule has 2 rings (SSSR count). The Hall–Kier alpha value is -2.33. The van der Waals surface area contributed by atoms with Crippen LogP contribution in [0, 0.1) is 18.3 Å². The van der Waals surface area contributed by atoms with E-state index in [0.717, 1.165) is 4.57 Å². The lowest BCUT2D eigenvalue weighted by Crippen LogP contribution is -2.26. The zero-order chi connectivity index (χ0) is 18.6. The maximum absolute atomic E-state index is 12.3. The summed E-state index contributed by atoms with van der Waals surface area (Å²) in [6.45, 7) is 1.91. The van der Waals surface area contributed by atoms with Gasteiger partial charge in [-0.05, 0) is 30.7 Å². The molecule has 0 fully saturated rings. The van der Waals surface area contributed by atoms with Crippen LogP contribution in [0.15, 0.2) is 28.0 Å². The van der Waals surface area contributed by atoms with Crippen molar-refractivity contribution in [3.8, 4) is 11.9 Å². The van der Waals surface area contributed by atoms with E-state index >= 15 is 0 Å². The second-order valence-electron chi connectivity index (χ2n) is 5.16. The van der Waals surface area contributed by atoms with Gasteiger partial charge in [0.2, 0.25) is 5.88 Å². The smallest absolute Gasteiger partial charge is 0.271 e. The summed E-state index contributed by atoms with van der Waals surface area (Å²) in [6.07, 6.45) is 1.38. The molecular formula is C17H15Cl2N3O3. The Morgan fingerprint density at radius 3 is 2.72 bits per heavy atom. The summed E-state index contributed by atoms with van der Waals surface area (Å²) in [5, 5.41) is 20.4. The lowest BCUT2D eigenvalue weighted by molar-refractivity contribution is 0.182. The number of benzene rings is 1. The minimum absolute atomic E-state index is 0.0514. The predicted octanol–water partition coefficient (Wildman–Crippen LogP) is 3.44. The number of hydrogen-bond acceptors (Lipinski definition) is 5. The van der Waals surface area contributed by atoms with Crippen molar-refractivity contribution >= 4 is 35.1 Å². The lowest BCUT2D eigenvalue weighted by atomic mass is 10.1.